The maximum atomic E-state index is 13.1. The fourth-order valence-corrected chi connectivity index (χ4v) is 3.19. The average molecular weight is 402 g/mol. The van der Waals surface area contributed by atoms with E-state index in [1.54, 1.807) is 36.5 Å². The quantitative estimate of drug-likeness (QED) is 0.439. The summed E-state index contributed by atoms with van der Waals surface area (Å²) in [4.78, 5) is 19.7. The Morgan fingerprint density at radius 1 is 1.07 bits per heavy atom. The van der Waals surface area contributed by atoms with Crippen LogP contribution in [-0.4, -0.2) is 42.9 Å². The van der Waals surface area contributed by atoms with E-state index in [-0.39, 0.29) is 5.78 Å². The van der Waals surface area contributed by atoms with Gasteiger partial charge >= 0.3 is 0 Å². The highest BCUT2D eigenvalue weighted by Gasteiger charge is 2.17. The molecule has 3 aromatic rings. The maximum Gasteiger partial charge on any atom is 0.196 e. The van der Waals surface area contributed by atoms with Crippen LogP contribution in [-0.2, 0) is 0 Å². The van der Waals surface area contributed by atoms with Crippen LogP contribution in [0.5, 0.6) is 0 Å². The molecule has 1 N–H and O–H groups in total. The summed E-state index contributed by atoms with van der Waals surface area (Å²) < 4.78 is 0. The van der Waals surface area contributed by atoms with Gasteiger partial charge in [0.05, 0.1) is 16.8 Å². The number of fused-ring (bicyclic) bond motifs is 1. The molecule has 0 fully saturated rings. The highest BCUT2D eigenvalue weighted by molar-refractivity contribution is 6.32. The smallest absolute Gasteiger partial charge is 0.196 e. The Hall–Kier alpha value is -2.14. The lowest BCUT2D eigenvalue weighted by Gasteiger charge is -2.16. The average Bonchev–Trinajstić information content (AvgIpc) is 2.65. The number of halogens is 2. The molecule has 0 aliphatic rings. The van der Waals surface area contributed by atoms with E-state index in [0.717, 1.165) is 36.1 Å². The van der Waals surface area contributed by atoms with Gasteiger partial charge in [-0.2, -0.15) is 0 Å². The molecule has 4 nitrogen and oxygen atoms in total. The molecule has 0 saturated carbocycles. The Labute approximate surface area is 169 Å². The lowest BCUT2D eigenvalue weighted by Crippen LogP contribution is -2.17. The third-order valence-electron chi connectivity index (χ3n) is 4.26. The Balaban J connectivity index is 2.01. The van der Waals surface area contributed by atoms with E-state index in [9.17, 15) is 4.79 Å². The van der Waals surface area contributed by atoms with Crippen molar-refractivity contribution < 1.29 is 4.79 Å². The van der Waals surface area contributed by atoms with Crippen molar-refractivity contribution in [1.29, 1.82) is 0 Å². The molecular weight excluding hydrogens is 381 g/mol. The molecule has 0 saturated heterocycles. The second-order valence-electron chi connectivity index (χ2n) is 6.63. The number of carbonyl (C=O) groups excluding carboxylic acids is 1. The van der Waals surface area contributed by atoms with Crippen molar-refractivity contribution in [2.24, 2.45) is 0 Å². The Bertz CT molecular complexity index is 956. The van der Waals surface area contributed by atoms with Crippen LogP contribution in [0.25, 0.3) is 10.9 Å². The zero-order valence-electron chi connectivity index (χ0n) is 15.3. The van der Waals surface area contributed by atoms with Crippen LogP contribution in [0.4, 0.5) is 5.69 Å². The molecular formula is C21H21Cl2N3O. The van der Waals surface area contributed by atoms with Crippen molar-refractivity contribution in [1.82, 2.24) is 9.88 Å². The van der Waals surface area contributed by atoms with Gasteiger partial charge in [0.1, 0.15) is 0 Å². The van der Waals surface area contributed by atoms with Crippen molar-refractivity contribution in [3.8, 4) is 0 Å². The summed E-state index contributed by atoms with van der Waals surface area (Å²) >= 11 is 12.1. The number of ketones is 1. The number of benzene rings is 2. The minimum Gasteiger partial charge on any atom is -0.384 e. The predicted octanol–water partition coefficient (Wildman–Crippen LogP) is 5.14. The summed E-state index contributed by atoms with van der Waals surface area (Å²) in [5, 5.41) is 5.47. The molecule has 0 unspecified atom stereocenters. The summed E-state index contributed by atoms with van der Waals surface area (Å²) in [5.74, 6) is -0.101. The third kappa shape index (κ3) is 4.78. The van der Waals surface area contributed by atoms with Crippen molar-refractivity contribution in [3.05, 3.63) is 69.8 Å². The first-order chi connectivity index (χ1) is 13.0. The van der Waals surface area contributed by atoms with Crippen LogP contribution in [0.3, 0.4) is 0 Å². The number of nitrogens with zero attached hydrogens (tertiary/aromatic N) is 2. The molecule has 0 spiro atoms. The van der Waals surface area contributed by atoms with E-state index in [2.05, 4.69) is 15.2 Å². The predicted molar refractivity (Wildman–Crippen MR) is 113 cm³/mol. The number of rotatable bonds is 7. The molecule has 2 aromatic carbocycles. The molecule has 0 aliphatic carbocycles. The zero-order chi connectivity index (χ0) is 19.4. The number of carbonyl (C=O) groups is 1. The molecule has 27 heavy (non-hydrogen) atoms. The molecule has 140 valence electrons. The minimum absolute atomic E-state index is 0.101. The fourth-order valence-electron chi connectivity index (χ4n) is 2.89. The van der Waals surface area contributed by atoms with Crippen molar-refractivity contribution in [2.75, 3.05) is 32.5 Å². The van der Waals surface area contributed by atoms with Gasteiger partial charge in [0.15, 0.2) is 5.78 Å². The van der Waals surface area contributed by atoms with E-state index in [4.69, 9.17) is 23.2 Å². The van der Waals surface area contributed by atoms with E-state index in [1.807, 2.05) is 26.2 Å². The first kappa shape index (κ1) is 19.6. The monoisotopic (exact) mass is 401 g/mol. The van der Waals surface area contributed by atoms with E-state index in [0.29, 0.717) is 21.2 Å². The zero-order valence-corrected chi connectivity index (χ0v) is 16.8. The van der Waals surface area contributed by atoms with Gasteiger partial charge in [-0.3, -0.25) is 9.78 Å². The lowest BCUT2D eigenvalue weighted by molar-refractivity contribution is 0.103. The highest BCUT2D eigenvalue weighted by Crippen LogP contribution is 2.30. The number of hydrogen-bond donors (Lipinski definition) is 1. The minimum atomic E-state index is -0.101. The van der Waals surface area contributed by atoms with Crippen LogP contribution in [0.15, 0.2) is 48.7 Å². The Morgan fingerprint density at radius 3 is 2.48 bits per heavy atom. The molecule has 1 heterocycles. The summed E-state index contributed by atoms with van der Waals surface area (Å²) in [6.45, 7) is 1.70. The fraction of sp³-hybridized carbons (Fsp3) is 0.238. The first-order valence-electron chi connectivity index (χ1n) is 8.73. The summed E-state index contributed by atoms with van der Waals surface area (Å²) in [6.07, 6.45) is 2.58. The standard InChI is InChI=1S/C21H21Cl2N3O/c1-26(2)11-3-10-24-20-17-12-16(23)8-9-19(17)25-13-18(20)21(27)14-4-6-15(22)7-5-14/h4-9,12-13H,3,10-11H2,1-2H3,(H,24,25). The van der Waals surface area contributed by atoms with Gasteiger partial charge in [0.2, 0.25) is 0 Å². The molecule has 0 atom stereocenters. The summed E-state index contributed by atoms with van der Waals surface area (Å²) in [7, 11) is 4.08. The van der Waals surface area contributed by atoms with Gasteiger partial charge in [-0.15, -0.1) is 0 Å². The number of pyridine rings is 1. The molecule has 1 aromatic heterocycles. The van der Waals surface area contributed by atoms with Crippen molar-refractivity contribution in [3.63, 3.8) is 0 Å². The normalized spacial score (nSPS) is 11.1. The van der Waals surface area contributed by atoms with Crippen LogP contribution in [0, 0.1) is 0 Å². The molecule has 0 bridgehead atoms. The van der Waals surface area contributed by atoms with Crippen LogP contribution >= 0.6 is 23.2 Å². The third-order valence-corrected chi connectivity index (χ3v) is 4.75. The highest BCUT2D eigenvalue weighted by atomic mass is 35.5. The van der Waals surface area contributed by atoms with Crippen LogP contribution < -0.4 is 5.32 Å². The first-order valence-corrected chi connectivity index (χ1v) is 9.48. The topological polar surface area (TPSA) is 45.2 Å². The SMILES string of the molecule is CN(C)CCCNc1c(C(=O)c2ccc(Cl)cc2)cnc2ccc(Cl)cc12. The van der Waals surface area contributed by atoms with Crippen molar-refractivity contribution in [2.45, 2.75) is 6.42 Å². The van der Waals surface area contributed by atoms with Gasteiger partial charge in [0, 0.05) is 33.7 Å². The second-order valence-corrected chi connectivity index (χ2v) is 7.50. The van der Waals surface area contributed by atoms with Crippen molar-refractivity contribution >= 4 is 45.6 Å². The Kier molecular flexibility index (Phi) is 6.32. The number of nitrogens with one attached hydrogen (secondary N) is 1. The van der Waals surface area contributed by atoms with Gasteiger partial charge in [-0.1, -0.05) is 23.2 Å². The van der Waals surface area contributed by atoms with Gasteiger partial charge < -0.3 is 10.2 Å². The van der Waals surface area contributed by atoms with E-state index >= 15 is 0 Å². The molecule has 0 amide bonds. The number of aromatic nitrogens is 1. The Morgan fingerprint density at radius 2 is 1.78 bits per heavy atom. The summed E-state index contributed by atoms with van der Waals surface area (Å²) in [5.41, 5.74) is 2.65. The van der Waals surface area contributed by atoms with Gasteiger partial charge in [-0.05, 0) is 69.5 Å². The number of hydrogen-bond acceptors (Lipinski definition) is 4. The molecule has 0 radical (unpaired) electrons. The molecule has 0 aliphatic heterocycles. The van der Waals surface area contributed by atoms with Gasteiger partial charge in [0.25, 0.3) is 0 Å². The molecule has 3 rings (SSSR count). The number of anilines is 1. The van der Waals surface area contributed by atoms with Gasteiger partial charge in [-0.25, -0.2) is 0 Å². The van der Waals surface area contributed by atoms with E-state index in [1.165, 1.54) is 0 Å². The molecule has 6 heteroatoms. The lowest BCUT2D eigenvalue weighted by atomic mass is 10.0. The largest absolute Gasteiger partial charge is 0.384 e. The maximum absolute atomic E-state index is 13.1. The summed E-state index contributed by atoms with van der Waals surface area (Å²) in [6, 6.07) is 12.4. The van der Waals surface area contributed by atoms with E-state index < -0.39 is 0 Å². The second kappa shape index (κ2) is 8.70. The van der Waals surface area contributed by atoms with Crippen LogP contribution in [0.2, 0.25) is 10.0 Å². The van der Waals surface area contributed by atoms with Crippen LogP contribution in [0.1, 0.15) is 22.3 Å².